The minimum Gasteiger partial charge on any atom is -0.400 e. The second-order valence-electron chi connectivity index (χ2n) is 6.40. The SMILES string of the molecule is CC1(C)OB(C(=Cc2ccccc2C(F)F)CO)OC1(C)C. The van der Waals surface area contributed by atoms with Crippen molar-refractivity contribution in [2.24, 2.45) is 0 Å². The number of aliphatic hydroxyl groups is 1. The van der Waals surface area contributed by atoms with Gasteiger partial charge < -0.3 is 14.4 Å². The van der Waals surface area contributed by atoms with Gasteiger partial charge in [0.2, 0.25) is 0 Å². The topological polar surface area (TPSA) is 38.7 Å². The Kier molecular flexibility index (Phi) is 4.75. The van der Waals surface area contributed by atoms with E-state index >= 15 is 0 Å². The fourth-order valence-electron chi connectivity index (χ4n) is 2.22. The summed E-state index contributed by atoms with van der Waals surface area (Å²) in [5, 5.41) is 9.60. The van der Waals surface area contributed by atoms with Crippen molar-refractivity contribution in [3.05, 3.63) is 40.9 Å². The quantitative estimate of drug-likeness (QED) is 0.863. The van der Waals surface area contributed by atoms with Gasteiger partial charge in [0, 0.05) is 5.56 Å². The van der Waals surface area contributed by atoms with Crippen LogP contribution in [0.3, 0.4) is 0 Å². The molecule has 0 aromatic heterocycles. The van der Waals surface area contributed by atoms with Crippen LogP contribution in [-0.2, 0) is 9.31 Å². The number of rotatable bonds is 4. The highest BCUT2D eigenvalue weighted by Crippen LogP contribution is 2.39. The van der Waals surface area contributed by atoms with Crippen LogP contribution < -0.4 is 0 Å². The molecular formula is C16H21BF2O3. The summed E-state index contributed by atoms with van der Waals surface area (Å²) in [7, 11) is -0.749. The molecule has 3 nitrogen and oxygen atoms in total. The molecule has 0 radical (unpaired) electrons. The van der Waals surface area contributed by atoms with Gasteiger partial charge in [-0.25, -0.2) is 8.78 Å². The van der Waals surface area contributed by atoms with E-state index < -0.39 is 24.7 Å². The highest BCUT2D eigenvalue weighted by Gasteiger charge is 2.52. The number of hydrogen-bond acceptors (Lipinski definition) is 3. The van der Waals surface area contributed by atoms with Crippen molar-refractivity contribution in [2.45, 2.75) is 45.3 Å². The van der Waals surface area contributed by atoms with E-state index in [4.69, 9.17) is 9.31 Å². The summed E-state index contributed by atoms with van der Waals surface area (Å²) >= 11 is 0. The Morgan fingerprint density at radius 1 is 1.18 bits per heavy atom. The van der Waals surface area contributed by atoms with Crippen LogP contribution in [0.2, 0.25) is 0 Å². The summed E-state index contributed by atoms with van der Waals surface area (Å²) < 4.78 is 37.8. The van der Waals surface area contributed by atoms with E-state index in [0.29, 0.717) is 11.0 Å². The maximum atomic E-state index is 13.1. The van der Waals surface area contributed by atoms with Crippen molar-refractivity contribution in [3.8, 4) is 0 Å². The fourth-order valence-corrected chi connectivity index (χ4v) is 2.22. The van der Waals surface area contributed by atoms with Crippen LogP contribution in [0.1, 0.15) is 45.2 Å². The van der Waals surface area contributed by atoms with E-state index in [2.05, 4.69) is 0 Å². The number of alkyl halides is 2. The van der Waals surface area contributed by atoms with E-state index in [1.807, 2.05) is 27.7 Å². The molecule has 1 N–H and O–H groups in total. The molecule has 1 aliphatic rings. The van der Waals surface area contributed by atoms with Crippen molar-refractivity contribution in [1.82, 2.24) is 0 Å². The van der Waals surface area contributed by atoms with E-state index in [1.165, 1.54) is 12.1 Å². The molecule has 0 unspecified atom stereocenters. The molecule has 1 aromatic rings. The van der Waals surface area contributed by atoms with Crippen molar-refractivity contribution in [2.75, 3.05) is 6.61 Å². The molecule has 1 aromatic carbocycles. The first-order valence-corrected chi connectivity index (χ1v) is 7.22. The van der Waals surface area contributed by atoms with Gasteiger partial charge in [0.1, 0.15) is 0 Å². The highest BCUT2D eigenvalue weighted by atomic mass is 19.3. The van der Waals surface area contributed by atoms with Gasteiger partial charge in [-0.05, 0) is 38.7 Å². The van der Waals surface area contributed by atoms with Crippen LogP contribution in [0, 0.1) is 0 Å². The number of benzene rings is 1. The molecular weight excluding hydrogens is 289 g/mol. The monoisotopic (exact) mass is 310 g/mol. The first-order chi connectivity index (χ1) is 10.2. The summed E-state index contributed by atoms with van der Waals surface area (Å²) in [6, 6.07) is 6.20. The lowest BCUT2D eigenvalue weighted by Crippen LogP contribution is -2.41. The van der Waals surface area contributed by atoms with E-state index in [9.17, 15) is 13.9 Å². The summed E-state index contributed by atoms with van der Waals surface area (Å²) in [6.07, 6.45) is -1.06. The standard InChI is InChI=1S/C16H21BF2O3/c1-15(2)16(3,4)22-17(21-15)12(10-20)9-11-7-5-6-8-13(11)14(18)19/h5-9,14,20H,10H2,1-4H3. The van der Waals surface area contributed by atoms with Gasteiger partial charge in [0.05, 0.1) is 17.8 Å². The van der Waals surface area contributed by atoms with Crippen molar-refractivity contribution in [3.63, 3.8) is 0 Å². The lowest BCUT2D eigenvalue weighted by atomic mass is 9.77. The zero-order valence-electron chi connectivity index (χ0n) is 13.3. The Labute approximate surface area is 130 Å². The smallest absolute Gasteiger partial charge is 0.400 e. The summed E-state index contributed by atoms with van der Waals surface area (Å²) in [5.41, 5.74) is -0.393. The van der Waals surface area contributed by atoms with Gasteiger partial charge in [-0.3, -0.25) is 0 Å². The van der Waals surface area contributed by atoms with Crippen LogP contribution >= 0.6 is 0 Å². The van der Waals surface area contributed by atoms with Crippen molar-refractivity contribution < 1.29 is 23.2 Å². The van der Waals surface area contributed by atoms with E-state index in [-0.39, 0.29) is 12.2 Å². The molecule has 22 heavy (non-hydrogen) atoms. The van der Waals surface area contributed by atoms with Gasteiger partial charge >= 0.3 is 7.12 Å². The maximum Gasteiger partial charge on any atom is 0.492 e. The van der Waals surface area contributed by atoms with Gasteiger partial charge in [-0.15, -0.1) is 0 Å². The Morgan fingerprint density at radius 2 is 1.73 bits per heavy atom. The molecule has 6 heteroatoms. The third-order valence-corrected chi connectivity index (χ3v) is 4.31. The normalized spacial score (nSPS) is 20.7. The molecule has 0 atom stereocenters. The largest absolute Gasteiger partial charge is 0.492 e. The lowest BCUT2D eigenvalue weighted by Gasteiger charge is -2.32. The average molecular weight is 310 g/mol. The minimum absolute atomic E-state index is 0.0787. The third-order valence-electron chi connectivity index (χ3n) is 4.31. The van der Waals surface area contributed by atoms with Crippen LogP contribution in [0.25, 0.3) is 6.08 Å². The second kappa shape index (κ2) is 6.10. The van der Waals surface area contributed by atoms with Gasteiger partial charge in [0.25, 0.3) is 6.43 Å². The Balaban J connectivity index is 2.34. The lowest BCUT2D eigenvalue weighted by molar-refractivity contribution is 0.00578. The molecule has 0 spiro atoms. The minimum atomic E-state index is -2.58. The molecule has 0 bridgehead atoms. The zero-order chi connectivity index (χ0) is 16.5. The summed E-state index contributed by atoms with van der Waals surface area (Å²) in [6.45, 7) is 7.27. The molecule has 1 fully saturated rings. The molecule has 2 rings (SSSR count). The summed E-state index contributed by atoms with van der Waals surface area (Å²) in [5.74, 6) is 0. The molecule has 120 valence electrons. The average Bonchev–Trinajstić information content (AvgIpc) is 2.64. The molecule has 1 aliphatic heterocycles. The summed E-state index contributed by atoms with van der Waals surface area (Å²) in [4.78, 5) is 0. The fraction of sp³-hybridized carbons (Fsp3) is 0.500. The Hall–Kier alpha value is -1.24. The molecule has 0 saturated carbocycles. The molecule has 1 saturated heterocycles. The maximum absolute atomic E-state index is 13.1. The number of halogens is 2. The molecule has 1 heterocycles. The molecule has 0 amide bonds. The highest BCUT2D eigenvalue weighted by molar-refractivity contribution is 6.55. The predicted octanol–water partition coefficient (Wildman–Crippen LogP) is 3.63. The van der Waals surface area contributed by atoms with Gasteiger partial charge in [-0.2, -0.15) is 0 Å². The van der Waals surface area contributed by atoms with E-state index in [0.717, 1.165) is 0 Å². The van der Waals surface area contributed by atoms with Crippen molar-refractivity contribution >= 4 is 13.2 Å². The zero-order valence-corrected chi connectivity index (χ0v) is 13.3. The van der Waals surface area contributed by atoms with Crippen LogP contribution in [0.15, 0.2) is 29.7 Å². The van der Waals surface area contributed by atoms with Crippen LogP contribution in [-0.4, -0.2) is 30.0 Å². The van der Waals surface area contributed by atoms with E-state index in [1.54, 1.807) is 18.2 Å². The van der Waals surface area contributed by atoms with Crippen molar-refractivity contribution in [1.29, 1.82) is 0 Å². The first kappa shape index (κ1) is 17.1. The number of hydrogen-bond donors (Lipinski definition) is 1. The number of aliphatic hydroxyl groups excluding tert-OH is 1. The van der Waals surface area contributed by atoms with Crippen LogP contribution in [0.4, 0.5) is 8.78 Å². The van der Waals surface area contributed by atoms with Gasteiger partial charge in [0.15, 0.2) is 0 Å². The second-order valence-corrected chi connectivity index (χ2v) is 6.40. The predicted molar refractivity (Wildman–Crippen MR) is 82.5 cm³/mol. The Bertz CT molecular complexity index is 554. The molecule has 0 aliphatic carbocycles. The third kappa shape index (κ3) is 3.24. The first-order valence-electron chi connectivity index (χ1n) is 7.22. The van der Waals surface area contributed by atoms with Gasteiger partial charge in [-0.1, -0.05) is 30.3 Å². The van der Waals surface area contributed by atoms with Crippen LogP contribution in [0.5, 0.6) is 0 Å². The Morgan fingerprint density at radius 3 is 2.23 bits per heavy atom.